The molecule has 3 nitrogen and oxygen atoms in total. The van der Waals surface area contributed by atoms with E-state index in [1.807, 2.05) is 19.9 Å². The van der Waals surface area contributed by atoms with Crippen LogP contribution in [0.4, 0.5) is 0 Å². The van der Waals surface area contributed by atoms with Gasteiger partial charge < -0.3 is 0 Å². The van der Waals surface area contributed by atoms with Gasteiger partial charge in [0.1, 0.15) is 0 Å². The molecule has 0 bridgehead atoms. The van der Waals surface area contributed by atoms with Crippen LogP contribution in [-0.4, -0.2) is 11.6 Å². The largest absolute Gasteiger partial charge is 0.273 e. The van der Waals surface area contributed by atoms with Crippen molar-refractivity contribution in [1.82, 2.24) is 5.43 Å². The van der Waals surface area contributed by atoms with E-state index >= 15 is 0 Å². The molecule has 1 unspecified atom stereocenters. The van der Waals surface area contributed by atoms with Crippen LogP contribution in [0.25, 0.3) is 6.08 Å². The first-order valence-electron chi connectivity index (χ1n) is 6.34. The lowest BCUT2D eigenvalue weighted by Gasteiger charge is -2.19. The Hall–Kier alpha value is -1.68. The molecule has 2 rings (SSSR count). The summed E-state index contributed by atoms with van der Waals surface area (Å²) >= 11 is 1.74. The first-order chi connectivity index (χ1) is 9.11. The standard InChI is InChI=1S/C15H18N2OS/c1-4-5-13-12(6-7-19-13)8-10(2)15-11(3)9-14(18)16-17-15/h4,6-8,11H,1,5,9H2,2-3H3,(H,16,18). The summed E-state index contributed by atoms with van der Waals surface area (Å²) in [6, 6.07) is 2.11. The first kappa shape index (κ1) is 13.7. The molecule has 1 atom stereocenters. The van der Waals surface area contributed by atoms with Gasteiger partial charge in [-0.1, -0.05) is 13.0 Å². The van der Waals surface area contributed by atoms with Gasteiger partial charge in [-0.15, -0.1) is 17.9 Å². The molecule has 1 aromatic heterocycles. The van der Waals surface area contributed by atoms with Crippen LogP contribution in [0.2, 0.25) is 0 Å². The molecule has 19 heavy (non-hydrogen) atoms. The molecule has 0 saturated heterocycles. The number of hydrogen-bond donors (Lipinski definition) is 1. The van der Waals surface area contributed by atoms with Crippen molar-refractivity contribution in [2.24, 2.45) is 11.0 Å². The SMILES string of the molecule is C=CCc1sccc1C=C(C)C1=NNC(=O)CC1C. The number of carbonyl (C=O) groups excluding carboxylic acids is 1. The Balaban J connectivity index is 2.25. The predicted octanol–water partition coefficient (Wildman–Crippen LogP) is 3.39. The summed E-state index contributed by atoms with van der Waals surface area (Å²) in [4.78, 5) is 12.6. The molecule has 0 radical (unpaired) electrons. The number of thiophene rings is 1. The highest BCUT2D eigenvalue weighted by Gasteiger charge is 2.21. The second kappa shape index (κ2) is 5.97. The van der Waals surface area contributed by atoms with Crippen LogP contribution in [0, 0.1) is 5.92 Å². The molecule has 0 aromatic carbocycles. The number of hydrogen-bond acceptors (Lipinski definition) is 3. The summed E-state index contributed by atoms with van der Waals surface area (Å²) < 4.78 is 0. The number of nitrogens with one attached hydrogen (secondary N) is 1. The van der Waals surface area contributed by atoms with Gasteiger partial charge in [0.15, 0.2) is 0 Å². The van der Waals surface area contributed by atoms with Gasteiger partial charge in [-0.25, -0.2) is 5.43 Å². The molecular formula is C15H18N2OS. The Labute approximate surface area is 117 Å². The zero-order valence-electron chi connectivity index (χ0n) is 11.3. The van der Waals surface area contributed by atoms with Crippen molar-refractivity contribution >= 4 is 29.0 Å². The Morgan fingerprint density at radius 3 is 3.16 bits per heavy atom. The van der Waals surface area contributed by atoms with Crippen LogP contribution >= 0.6 is 11.3 Å². The highest BCUT2D eigenvalue weighted by molar-refractivity contribution is 7.10. The minimum absolute atomic E-state index is 0.00747. The lowest BCUT2D eigenvalue weighted by molar-refractivity contribution is -0.121. The molecule has 4 heteroatoms. The van der Waals surface area contributed by atoms with E-state index in [1.54, 1.807) is 11.3 Å². The van der Waals surface area contributed by atoms with Crippen molar-refractivity contribution < 1.29 is 4.79 Å². The third-order valence-electron chi connectivity index (χ3n) is 3.15. The summed E-state index contributed by atoms with van der Waals surface area (Å²) in [6.07, 6.45) is 5.45. The maximum absolute atomic E-state index is 11.3. The van der Waals surface area contributed by atoms with Crippen LogP contribution in [0.5, 0.6) is 0 Å². The summed E-state index contributed by atoms with van der Waals surface area (Å²) in [7, 11) is 0. The minimum Gasteiger partial charge on any atom is -0.273 e. The van der Waals surface area contributed by atoms with E-state index in [9.17, 15) is 4.79 Å². The molecule has 0 saturated carbocycles. The predicted molar refractivity (Wildman–Crippen MR) is 81.2 cm³/mol. The van der Waals surface area contributed by atoms with Gasteiger partial charge in [-0.3, -0.25) is 4.79 Å². The molecule has 1 aromatic rings. The van der Waals surface area contributed by atoms with E-state index in [-0.39, 0.29) is 11.8 Å². The van der Waals surface area contributed by atoms with Crippen LogP contribution in [-0.2, 0) is 11.2 Å². The second-order valence-electron chi connectivity index (χ2n) is 4.76. The molecule has 0 spiro atoms. The fourth-order valence-electron chi connectivity index (χ4n) is 2.21. The number of hydrazone groups is 1. The Bertz CT molecular complexity index is 554. The monoisotopic (exact) mass is 274 g/mol. The molecule has 0 fully saturated rings. The van der Waals surface area contributed by atoms with Crippen molar-refractivity contribution in [3.05, 3.63) is 40.1 Å². The molecule has 1 aliphatic heterocycles. The molecule has 1 N–H and O–H groups in total. The lowest BCUT2D eigenvalue weighted by Crippen LogP contribution is -2.31. The summed E-state index contributed by atoms with van der Waals surface area (Å²) in [6.45, 7) is 7.86. The number of amides is 1. The number of allylic oxidation sites excluding steroid dienone is 2. The average Bonchev–Trinajstić information content (AvgIpc) is 2.77. The molecule has 100 valence electrons. The zero-order chi connectivity index (χ0) is 13.8. The third-order valence-corrected chi connectivity index (χ3v) is 4.10. The second-order valence-corrected chi connectivity index (χ2v) is 5.76. The van der Waals surface area contributed by atoms with Crippen molar-refractivity contribution in [1.29, 1.82) is 0 Å². The van der Waals surface area contributed by atoms with Crippen molar-refractivity contribution in [3.63, 3.8) is 0 Å². The van der Waals surface area contributed by atoms with E-state index in [0.29, 0.717) is 6.42 Å². The summed E-state index contributed by atoms with van der Waals surface area (Å²) in [5.74, 6) is 0.165. The number of carbonyl (C=O) groups is 1. The van der Waals surface area contributed by atoms with E-state index in [0.717, 1.165) is 17.7 Å². The number of nitrogens with zero attached hydrogens (tertiary/aromatic N) is 1. The molecule has 2 heterocycles. The Morgan fingerprint density at radius 1 is 1.68 bits per heavy atom. The highest BCUT2D eigenvalue weighted by Crippen LogP contribution is 2.23. The van der Waals surface area contributed by atoms with E-state index in [2.05, 4.69) is 34.6 Å². The fourth-order valence-corrected chi connectivity index (χ4v) is 3.07. The first-order valence-corrected chi connectivity index (χ1v) is 7.22. The topological polar surface area (TPSA) is 41.5 Å². The fraction of sp³-hybridized carbons (Fsp3) is 0.333. The van der Waals surface area contributed by atoms with Crippen LogP contribution < -0.4 is 5.43 Å². The van der Waals surface area contributed by atoms with E-state index in [1.165, 1.54) is 10.4 Å². The molecule has 1 amide bonds. The molecule has 1 aliphatic rings. The van der Waals surface area contributed by atoms with E-state index < -0.39 is 0 Å². The van der Waals surface area contributed by atoms with Crippen molar-refractivity contribution in [2.45, 2.75) is 26.7 Å². The zero-order valence-corrected chi connectivity index (χ0v) is 12.1. The van der Waals surface area contributed by atoms with Gasteiger partial charge in [0.05, 0.1) is 5.71 Å². The van der Waals surface area contributed by atoms with E-state index in [4.69, 9.17) is 0 Å². The maximum atomic E-state index is 11.3. The summed E-state index contributed by atoms with van der Waals surface area (Å²) in [5, 5.41) is 6.27. The van der Waals surface area contributed by atoms with Crippen LogP contribution in [0.15, 0.2) is 34.8 Å². The Kier molecular flexibility index (Phi) is 4.32. The highest BCUT2D eigenvalue weighted by atomic mass is 32.1. The maximum Gasteiger partial charge on any atom is 0.240 e. The third kappa shape index (κ3) is 3.20. The van der Waals surface area contributed by atoms with Gasteiger partial charge in [0, 0.05) is 23.6 Å². The van der Waals surface area contributed by atoms with Gasteiger partial charge in [0.2, 0.25) is 5.91 Å². The van der Waals surface area contributed by atoms with Gasteiger partial charge in [-0.05, 0) is 35.6 Å². The van der Waals surface area contributed by atoms with Crippen molar-refractivity contribution in [3.8, 4) is 0 Å². The molecule has 0 aliphatic carbocycles. The lowest BCUT2D eigenvalue weighted by atomic mass is 9.93. The number of rotatable bonds is 4. The van der Waals surface area contributed by atoms with Crippen LogP contribution in [0.1, 0.15) is 30.7 Å². The normalized spacial score (nSPS) is 19.9. The quantitative estimate of drug-likeness (QED) is 0.840. The van der Waals surface area contributed by atoms with Gasteiger partial charge in [0.25, 0.3) is 0 Å². The van der Waals surface area contributed by atoms with Crippen molar-refractivity contribution in [2.75, 3.05) is 0 Å². The Morgan fingerprint density at radius 2 is 2.47 bits per heavy atom. The smallest absolute Gasteiger partial charge is 0.240 e. The van der Waals surface area contributed by atoms with Gasteiger partial charge in [-0.2, -0.15) is 5.10 Å². The van der Waals surface area contributed by atoms with Crippen LogP contribution in [0.3, 0.4) is 0 Å². The van der Waals surface area contributed by atoms with Gasteiger partial charge >= 0.3 is 0 Å². The molecular weight excluding hydrogens is 256 g/mol. The average molecular weight is 274 g/mol. The summed E-state index contributed by atoms with van der Waals surface area (Å²) in [5.41, 5.74) is 5.85. The minimum atomic E-state index is -0.00747.